The van der Waals surface area contributed by atoms with Crippen LogP contribution in [0.4, 0.5) is 9.59 Å². The van der Waals surface area contributed by atoms with Gasteiger partial charge in [-0.2, -0.15) is 4.90 Å². The average Bonchev–Trinajstić information content (AvgIpc) is 2.65. The van der Waals surface area contributed by atoms with Gasteiger partial charge in [-0.3, -0.25) is 0 Å². The molecule has 0 bridgehead atoms. The summed E-state index contributed by atoms with van der Waals surface area (Å²) >= 11 is 0. The Balaban J connectivity index is 5.88. The van der Waals surface area contributed by atoms with Crippen molar-refractivity contribution in [2.45, 2.75) is 131 Å². The molecule has 0 radical (unpaired) electrons. The van der Waals surface area contributed by atoms with E-state index in [-0.39, 0.29) is 0 Å². The number of unbranched alkanes of at least 4 members (excludes halogenated alkanes) is 5. The number of imide groups is 1. The molecule has 0 saturated carbocycles. The van der Waals surface area contributed by atoms with E-state index in [1.807, 2.05) is 13.8 Å². The van der Waals surface area contributed by atoms with Gasteiger partial charge in [0, 0.05) is 13.2 Å². The molecule has 7 nitrogen and oxygen atoms in total. The number of hydrogen-bond acceptors (Lipinski definition) is 6. The second-order valence-corrected chi connectivity index (χ2v) is 9.93. The number of rotatable bonds is 12. The first-order valence-corrected chi connectivity index (χ1v) is 12.3. The van der Waals surface area contributed by atoms with Crippen molar-refractivity contribution in [3.63, 3.8) is 0 Å². The standard InChI is InChI=1S/C26H47NO6/c1-10-13-14-15-16-17-18-21(19-20-22(30-11-2)31-12-3)27(23(28)32-25(4,5)6)24(29)33-26(7,8)9/h21-22H,10-18H2,1-9H3. The summed E-state index contributed by atoms with van der Waals surface area (Å²) in [7, 11) is 0. The summed E-state index contributed by atoms with van der Waals surface area (Å²) in [6.45, 7) is 17.3. The van der Waals surface area contributed by atoms with E-state index in [9.17, 15) is 9.59 Å². The molecule has 0 saturated heterocycles. The van der Waals surface area contributed by atoms with Crippen LogP contribution in [0.25, 0.3) is 0 Å². The van der Waals surface area contributed by atoms with Crippen molar-refractivity contribution in [3.05, 3.63) is 0 Å². The first-order chi connectivity index (χ1) is 15.3. The predicted molar refractivity (Wildman–Crippen MR) is 131 cm³/mol. The zero-order valence-electron chi connectivity index (χ0n) is 22.4. The lowest BCUT2D eigenvalue weighted by Gasteiger charge is -2.31. The summed E-state index contributed by atoms with van der Waals surface area (Å²) in [5.74, 6) is 6.00. The molecule has 0 aromatic rings. The Bertz CT molecular complexity index is 589. The van der Waals surface area contributed by atoms with Crippen LogP contribution >= 0.6 is 0 Å². The third kappa shape index (κ3) is 15.6. The quantitative estimate of drug-likeness (QED) is 0.180. The van der Waals surface area contributed by atoms with Crippen molar-refractivity contribution in [3.8, 4) is 11.8 Å². The second kappa shape index (κ2) is 16.0. The molecule has 0 N–H and O–H groups in total. The maximum absolute atomic E-state index is 13.1. The number of ether oxygens (including phenoxy) is 4. The van der Waals surface area contributed by atoms with E-state index in [1.165, 1.54) is 19.3 Å². The molecule has 1 unspecified atom stereocenters. The molecule has 2 amide bonds. The van der Waals surface area contributed by atoms with Gasteiger partial charge in [-0.1, -0.05) is 51.4 Å². The summed E-state index contributed by atoms with van der Waals surface area (Å²) < 4.78 is 22.1. The zero-order chi connectivity index (χ0) is 25.5. The Morgan fingerprint density at radius 2 is 1.18 bits per heavy atom. The van der Waals surface area contributed by atoms with Gasteiger partial charge in [0.2, 0.25) is 6.29 Å². The van der Waals surface area contributed by atoms with Crippen molar-refractivity contribution in [2.24, 2.45) is 0 Å². The molecule has 0 aliphatic carbocycles. The minimum Gasteiger partial charge on any atom is -0.443 e. The molecular weight excluding hydrogens is 422 g/mol. The lowest BCUT2D eigenvalue weighted by Crippen LogP contribution is -2.48. The highest BCUT2D eigenvalue weighted by molar-refractivity contribution is 5.89. The lowest BCUT2D eigenvalue weighted by molar-refractivity contribution is -0.0971. The average molecular weight is 470 g/mol. The zero-order valence-corrected chi connectivity index (χ0v) is 22.4. The van der Waals surface area contributed by atoms with E-state index in [1.54, 1.807) is 41.5 Å². The smallest absolute Gasteiger partial charge is 0.420 e. The molecule has 0 fully saturated rings. The normalized spacial score (nSPS) is 12.7. The fraction of sp³-hybridized carbons (Fsp3) is 0.846. The van der Waals surface area contributed by atoms with Crippen molar-refractivity contribution in [1.82, 2.24) is 4.90 Å². The summed E-state index contributed by atoms with van der Waals surface area (Å²) in [6.07, 6.45) is 4.71. The Morgan fingerprint density at radius 3 is 1.61 bits per heavy atom. The first-order valence-electron chi connectivity index (χ1n) is 12.3. The third-order valence-corrected chi connectivity index (χ3v) is 4.33. The SMILES string of the molecule is CCCCCCCCC(C#CC(OCC)OCC)N(C(=O)OC(C)(C)C)C(=O)OC(C)(C)C. The number of amides is 2. The van der Waals surface area contributed by atoms with Gasteiger partial charge in [0.1, 0.15) is 17.2 Å². The van der Waals surface area contributed by atoms with E-state index in [4.69, 9.17) is 18.9 Å². The molecule has 0 aliphatic heterocycles. The van der Waals surface area contributed by atoms with E-state index < -0.39 is 35.7 Å². The molecule has 0 aromatic heterocycles. The minimum atomic E-state index is -0.772. The Morgan fingerprint density at radius 1 is 0.727 bits per heavy atom. The fourth-order valence-corrected chi connectivity index (χ4v) is 2.93. The van der Waals surface area contributed by atoms with Crippen LogP contribution < -0.4 is 0 Å². The molecule has 0 heterocycles. The number of hydrogen-bond donors (Lipinski definition) is 0. The summed E-state index contributed by atoms with van der Waals surface area (Å²) in [5, 5.41) is 0. The van der Waals surface area contributed by atoms with Crippen molar-refractivity contribution >= 4 is 12.2 Å². The van der Waals surface area contributed by atoms with E-state index >= 15 is 0 Å². The summed E-state index contributed by atoms with van der Waals surface area (Å²) in [5.41, 5.74) is -1.54. The number of nitrogens with zero attached hydrogens (tertiary/aromatic N) is 1. The van der Waals surface area contributed by atoms with Crippen molar-refractivity contribution in [2.75, 3.05) is 13.2 Å². The van der Waals surface area contributed by atoms with Crippen molar-refractivity contribution < 1.29 is 28.5 Å². The maximum atomic E-state index is 13.1. The van der Waals surface area contributed by atoms with Gasteiger partial charge >= 0.3 is 12.2 Å². The molecule has 0 rings (SSSR count). The molecular formula is C26H47NO6. The van der Waals surface area contributed by atoms with Gasteiger partial charge in [-0.25, -0.2) is 9.59 Å². The van der Waals surface area contributed by atoms with Crippen LogP contribution in [-0.4, -0.2) is 53.8 Å². The molecule has 1 atom stereocenters. The van der Waals surface area contributed by atoms with Crippen LogP contribution in [-0.2, 0) is 18.9 Å². The largest absolute Gasteiger partial charge is 0.443 e. The molecule has 0 aromatic carbocycles. The summed E-state index contributed by atoms with van der Waals surface area (Å²) in [4.78, 5) is 27.1. The Hall–Kier alpha value is -1.78. The van der Waals surface area contributed by atoms with Crippen LogP contribution in [0.3, 0.4) is 0 Å². The third-order valence-electron chi connectivity index (χ3n) is 4.33. The van der Waals surface area contributed by atoms with Crippen molar-refractivity contribution in [1.29, 1.82) is 0 Å². The van der Waals surface area contributed by atoms with Gasteiger partial charge < -0.3 is 18.9 Å². The second-order valence-electron chi connectivity index (χ2n) is 9.93. The minimum absolute atomic E-state index is 0.434. The first kappa shape index (κ1) is 31.2. The highest BCUT2D eigenvalue weighted by atomic mass is 16.7. The number of carbonyl (C=O) groups is 2. The van der Waals surface area contributed by atoms with Gasteiger partial charge in [0.25, 0.3) is 0 Å². The van der Waals surface area contributed by atoms with Crippen LogP contribution in [0.2, 0.25) is 0 Å². The Labute approximate surface area is 201 Å². The Kier molecular flexibility index (Phi) is 15.1. The lowest BCUT2D eigenvalue weighted by atomic mass is 10.0. The van der Waals surface area contributed by atoms with Crippen LogP contribution in [0, 0.1) is 11.8 Å². The fourth-order valence-electron chi connectivity index (χ4n) is 2.93. The van der Waals surface area contributed by atoms with E-state index in [0.29, 0.717) is 19.6 Å². The monoisotopic (exact) mass is 469 g/mol. The molecule has 7 heteroatoms. The molecule has 192 valence electrons. The van der Waals surface area contributed by atoms with Gasteiger partial charge in [0.05, 0.1) is 0 Å². The maximum Gasteiger partial charge on any atom is 0.420 e. The highest BCUT2D eigenvalue weighted by Gasteiger charge is 2.36. The summed E-state index contributed by atoms with van der Waals surface area (Å²) in [6, 6.07) is -0.718. The number of carbonyl (C=O) groups excluding carboxylic acids is 2. The highest BCUT2D eigenvalue weighted by Crippen LogP contribution is 2.20. The molecule has 33 heavy (non-hydrogen) atoms. The van der Waals surface area contributed by atoms with Gasteiger partial charge in [-0.05, 0) is 67.7 Å². The predicted octanol–water partition coefficient (Wildman–Crippen LogP) is 6.68. The van der Waals surface area contributed by atoms with Crippen LogP contribution in [0.1, 0.15) is 107 Å². The van der Waals surface area contributed by atoms with Gasteiger partial charge in [-0.15, -0.1) is 0 Å². The molecule has 0 aliphatic rings. The van der Waals surface area contributed by atoms with E-state index in [0.717, 1.165) is 24.2 Å². The molecule has 0 spiro atoms. The van der Waals surface area contributed by atoms with Gasteiger partial charge in [0.15, 0.2) is 0 Å². The van der Waals surface area contributed by atoms with Crippen LogP contribution in [0.15, 0.2) is 0 Å². The van der Waals surface area contributed by atoms with E-state index in [2.05, 4.69) is 18.8 Å². The van der Waals surface area contributed by atoms with Crippen LogP contribution in [0.5, 0.6) is 0 Å². The topological polar surface area (TPSA) is 74.3 Å².